The first-order valence-electron chi connectivity index (χ1n) is 6.18. The molecule has 0 radical (unpaired) electrons. The summed E-state index contributed by atoms with van der Waals surface area (Å²) in [7, 11) is 0. The number of benzene rings is 2. The first-order chi connectivity index (χ1) is 9.13. The highest BCUT2D eigenvalue weighted by Crippen LogP contribution is 2.34. The van der Waals surface area contributed by atoms with Gasteiger partial charge in [-0.1, -0.05) is 12.1 Å². The van der Waals surface area contributed by atoms with E-state index in [1.54, 1.807) is 18.2 Å². The average Bonchev–Trinajstić information content (AvgIpc) is 2.69. The SMILES string of the molecule is N[C@@H]1CN(Cc2ccc(F)cc2)c2ccc(F)cc21. The molecule has 2 nitrogen and oxygen atoms in total. The van der Waals surface area contributed by atoms with Gasteiger partial charge in [-0.25, -0.2) is 8.78 Å². The zero-order valence-electron chi connectivity index (χ0n) is 10.3. The van der Waals surface area contributed by atoms with Crippen molar-refractivity contribution in [3.05, 3.63) is 65.2 Å². The molecule has 3 rings (SSSR count). The van der Waals surface area contributed by atoms with Crippen LogP contribution < -0.4 is 10.6 Å². The summed E-state index contributed by atoms with van der Waals surface area (Å²) >= 11 is 0. The summed E-state index contributed by atoms with van der Waals surface area (Å²) in [4.78, 5) is 2.09. The van der Waals surface area contributed by atoms with Crippen LogP contribution in [0.1, 0.15) is 17.2 Å². The lowest BCUT2D eigenvalue weighted by molar-refractivity contribution is 0.623. The van der Waals surface area contributed by atoms with E-state index in [1.165, 1.54) is 24.3 Å². The van der Waals surface area contributed by atoms with E-state index in [2.05, 4.69) is 4.90 Å². The highest BCUT2D eigenvalue weighted by atomic mass is 19.1. The van der Waals surface area contributed by atoms with Gasteiger partial charge in [0, 0.05) is 24.8 Å². The number of nitrogens with zero attached hydrogens (tertiary/aromatic N) is 1. The van der Waals surface area contributed by atoms with Gasteiger partial charge in [0.25, 0.3) is 0 Å². The Morgan fingerprint density at radius 1 is 1.05 bits per heavy atom. The Morgan fingerprint density at radius 3 is 2.47 bits per heavy atom. The fourth-order valence-electron chi connectivity index (χ4n) is 2.50. The zero-order valence-corrected chi connectivity index (χ0v) is 10.3. The Balaban J connectivity index is 1.86. The average molecular weight is 260 g/mol. The maximum absolute atomic E-state index is 13.2. The zero-order chi connectivity index (χ0) is 13.4. The molecule has 1 aliphatic rings. The lowest BCUT2D eigenvalue weighted by Gasteiger charge is -2.19. The van der Waals surface area contributed by atoms with Gasteiger partial charge in [-0.05, 0) is 41.5 Å². The maximum Gasteiger partial charge on any atom is 0.123 e. The van der Waals surface area contributed by atoms with Crippen molar-refractivity contribution < 1.29 is 8.78 Å². The molecule has 19 heavy (non-hydrogen) atoms. The molecule has 0 aliphatic carbocycles. The molecule has 0 spiro atoms. The van der Waals surface area contributed by atoms with E-state index >= 15 is 0 Å². The van der Waals surface area contributed by atoms with Gasteiger partial charge in [0.05, 0.1) is 0 Å². The molecule has 0 bridgehead atoms. The standard InChI is InChI=1S/C15H14F2N2/c16-11-3-1-10(2-4-11)8-19-9-14(18)13-7-12(17)5-6-15(13)19/h1-7,14H,8-9,18H2/t14-/m1/s1. The van der Waals surface area contributed by atoms with E-state index in [0.717, 1.165) is 16.8 Å². The van der Waals surface area contributed by atoms with E-state index in [4.69, 9.17) is 5.73 Å². The van der Waals surface area contributed by atoms with Gasteiger partial charge >= 0.3 is 0 Å². The third kappa shape index (κ3) is 2.31. The van der Waals surface area contributed by atoms with Gasteiger partial charge in [0.1, 0.15) is 11.6 Å². The number of hydrogen-bond acceptors (Lipinski definition) is 2. The Labute approximate surface area is 110 Å². The van der Waals surface area contributed by atoms with Crippen molar-refractivity contribution >= 4 is 5.69 Å². The van der Waals surface area contributed by atoms with Crippen LogP contribution in [0.5, 0.6) is 0 Å². The fourth-order valence-corrected chi connectivity index (χ4v) is 2.50. The van der Waals surface area contributed by atoms with Crippen molar-refractivity contribution in [3.8, 4) is 0 Å². The van der Waals surface area contributed by atoms with Gasteiger partial charge < -0.3 is 10.6 Å². The van der Waals surface area contributed by atoms with Crippen LogP contribution in [0.25, 0.3) is 0 Å². The second-order valence-corrected chi connectivity index (χ2v) is 4.82. The van der Waals surface area contributed by atoms with Gasteiger partial charge in [-0.15, -0.1) is 0 Å². The second-order valence-electron chi connectivity index (χ2n) is 4.82. The number of fused-ring (bicyclic) bond motifs is 1. The molecule has 0 aromatic heterocycles. The summed E-state index contributed by atoms with van der Waals surface area (Å²) < 4.78 is 26.1. The number of anilines is 1. The summed E-state index contributed by atoms with van der Waals surface area (Å²) in [5.41, 5.74) is 8.81. The number of halogens is 2. The third-order valence-electron chi connectivity index (χ3n) is 3.43. The van der Waals surface area contributed by atoms with Gasteiger partial charge in [-0.2, -0.15) is 0 Å². The summed E-state index contributed by atoms with van der Waals surface area (Å²) in [6, 6.07) is 10.9. The Hall–Kier alpha value is -1.94. The topological polar surface area (TPSA) is 29.3 Å². The predicted molar refractivity (Wildman–Crippen MR) is 70.8 cm³/mol. The van der Waals surface area contributed by atoms with Crippen LogP contribution >= 0.6 is 0 Å². The van der Waals surface area contributed by atoms with Gasteiger partial charge in [-0.3, -0.25) is 0 Å². The van der Waals surface area contributed by atoms with Gasteiger partial charge in [0.2, 0.25) is 0 Å². The van der Waals surface area contributed by atoms with Crippen molar-refractivity contribution in [2.45, 2.75) is 12.6 Å². The quantitative estimate of drug-likeness (QED) is 0.899. The third-order valence-corrected chi connectivity index (χ3v) is 3.43. The van der Waals surface area contributed by atoms with Crippen LogP contribution in [-0.4, -0.2) is 6.54 Å². The number of rotatable bonds is 2. The maximum atomic E-state index is 13.2. The Bertz CT molecular complexity index is 596. The lowest BCUT2D eigenvalue weighted by atomic mass is 10.1. The van der Waals surface area contributed by atoms with Crippen molar-refractivity contribution in [1.82, 2.24) is 0 Å². The highest BCUT2D eigenvalue weighted by molar-refractivity contribution is 5.60. The first kappa shape index (κ1) is 12.1. The lowest BCUT2D eigenvalue weighted by Crippen LogP contribution is -2.23. The van der Waals surface area contributed by atoms with Crippen LogP contribution in [0.2, 0.25) is 0 Å². The smallest absolute Gasteiger partial charge is 0.123 e. The molecule has 0 unspecified atom stereocenters. The molecule has 0 saturated heterocycles. The van der Waals surface area contributed by atoms with E-state index < -0.39 is 0 Å². The predicted octanol–water partition coefficient (Wildman–Crippen LogP) is 2.98. The number of hydrogen-bond donors (Lipinski definition) is 1. The van der Waals surface area contributed by atoms with Crippen molar-refractivity contribution in [1.29, 1.82) is 0 Å². The Morgan fingerprint density at radius 2 is 1.74 bits per heavy atom. The van der Waals surface area contributed by atoms with Crippen molar-refractivity contribution in [2.75, 3.05) is 11.4 Å². The number of nitrogens with two attached hydrogens (primary N) is 1. The summed E-state index contributed by atoms with van der Waals surface area (Å²) in [6.07, 6.45) is 0. The molecule has 98 valence electrons. The van der Waals surface area contributed by atoms with Crippen LogP contribution in [0.3, 0.4) is 0 Å². The van der Waals surface area contributed by atoms with Crippen LogP contribution in [0.15, 0.2) is 42.5 Å². The molecular formula is C15H14F2N2. The molecule has 4 heteroatoms. The van der Waals surface area contributed by atoms with Crippen LogP contribution in [0, 0.1) is 11.6 Å². The van der Waals surface area contributed by atoms with E-state index in [0.29, 0.717) is 13.1 Å². The van der Waals surface area contributed by atoms with Crippen molar-refractivity contribution in [3.63, 3.8) is 0 Å². The van der Waals surface area contributed by atoms with E-state index in [-0.39, 0.29) is 17.7 Å². The molecule has 1 atom stereocenters. The van der Waals surface area contributed by atoms with Crippen LogP contribution in [-0.2, 0) is 6.54 Å². The molecule has 0 saturated carbocycles. The minimum atomic E-state index is -0.266. The molecule has 2 aromatic rings. The van der Waals surface area contributed by atoms with Crippen molar-refractivity contribution in [2.24, 2.45) is 5.73 Å². The highest BCUT2D eigenvalue weighted by Gasteiger charge is 2.26. The minimum Gasteiger partial charge on any atom is -0.365 e. The molecule has 1 aliphatic heterocycles. The molecule has 1 heterocycles. The van der Waals surface area contributed by atoms with Crippen LogP contribution in [0.4, 0.5) is 14.5 Å². The van der Waals surface area contributed by atoms with Gasteiger partial charge in [0.15, 0.2) is 0 Å². The van der Waals surface area contributed by atoms with E-state index in [1.807, 2.05) is 0 Å². The Kier molecular flexibility index (Phi) is 2.95. The fraction of sp³-hybridized carbons (Fsp3) is 0.200. The molecule has 0 amide bonds. The van der Waals surface area contributed by atoms with E-state index in [9.17, 15) is 8.78 Å². The summed E-state index contributed by atoms with van der Waals surface area (Å²) in [6.45, 7) is 1.29. The summed E-state index contributed by atoms with van der Waals surface area (Å²) in [5.74, 6) is -0.512. The summed E-state index contributed by atoms with van der Waals surface area (Å²) in [5, 5.41) is 0. The normalized spacial score (nSPS) is 17.6. The monoisotopic (exact) mass is 260 g/mol. The molecule has 2 aromatic carbocycles. The second kappa shape index (κ2) is 4.63. The minimum absolute atomic E-state index is 0.175. The molecule has 2 N–H and O–H groups in total. The largest absolute Gasteiger partial charge is 0.365 e. The first-order valence-corrected chi connectivity index (χ1v) is 6.18. The molecular weight excluding hydrogens is 246 g/mol. The molecule has 0 fully saturated rings.